The van der Waals surface area contributed by atoms with Gasteiger partial charge in [0.1, 0.15) is 5.75 Å². The summed E-state index contributed by atoms with van der Waals surface area (Å²) in [6.07, 6.45) is 1.72. The van der Waals surface area contributed by atoms with Gasteiger partial charge < -0.3 is 15.8 Å². The summed E-state index contributed by atoms with van der Waals surface area (Å²) in [4.78, 5) is 12.1. The maximum atomic E-state index is 12.1. The van der Waals surface area contributed by atoms with Crippen molar-refractivity contribution in [3.05, 3.63) is 28.8 Å². The Balaban J connectivity index is 2.18. The first kappa shape index (κ1) is 15.1. The third-order valence-electron chi connectivity index (χ3n) is 3.58. The van der Waals surface area contributed by atoms with Crippen LogP contribution in [0.5, 0.6) is 5.75 Å². The Bertz CT molecular complexity index is 491. The molecule has 0 aliphatic carbocycles. The third kappa shape index (κ3) is 3.44. The highest BCUT2D eigenvalue weighted by Crippen LogP contribution is 2.33. The van der Waals surface area contributed by atoms with Crippen LogP contribution >= 0.6 is 11.6 Å². The Hall–Kier alpha value is -1.26. The van der Waals surface area contributed by atoms with Crippen LogP contribution in [0, 0.1) is 5.92 Å². The summed E-state index contributed by atoms with van der Waals surface area (Å²) in [5.41, 5.74) is 6.86. The van der Waals surface area contributed by atoms with E-state index in [1.165, 1.54) is 0 Å². The van der Waals surface area contributed by atoms with Gasteiger partial charge in [0.2, 0.25) is 5.91 Å². The van der Waals surface area contributed by atoms with Crippen molar-refractivity contribution >= 4 is 17.5 Å². The zero-order valence-corrected chi connectivity index (χ0v) is 12.6. The molecule has 1 heterocycles. The van der Waals surface area contributed by atoms with E-state index in [0.29, 0.717) is 11.6 Å². The summed E-state index contributed by atoms with van der Waals surface area (Å²) in [5, 5.41) is 3.66. The molecule has 0 saturated heterocycles. The van der Waals surface area contributed by atoms with Gasteiger partial charge in [-0.05, 0) is 30.9 Å². The van der Waals surface area contributed by atoms with Crippen molar-refractivity contribution in [2.75, 3.05) is 6.61 Å². The van der Waals surface area contributed by atoms with Crippen LogP contribution in [0.2, 0.25) is 5.02 Å². The van der Waals surface area contributed by atoms with Gasteiger partial charge in [-0.3, -0.25) is 4.79 Å². The first-order valence-corrected chi connectivity index (χ1v) is 7.35. The number of hydrogen-bond acceptors (Lipinski definition) is 3. The second-order valence-corrected chi connectivity index (χ2v) is 5.94. The minimum absolute atomic E-state index is 0.0675. The van der Waals surface area contributed by atoms with Gasteiger partial charge in [-0.15, -0.1) is 0 Å². The molecule has 110 valence electrons. The number of nitrogens with two attached hydrogens (primary N) is 1. The molecule has 1 aliphatic heterocycles. The molecular formula is C15H21ClN2O2. The molecular weight excluding hydrogens is 276 g/mol. The highest BCUT2D eigenvalue weighted by atomic mass is 35.5. The van der Waals surface area contributed by atoms with Crippen molar-refractivity contribution in [3.8, 4) is 5.75 Å². The van der Waals surface area contributed by atoms with Crippen LogP contribution in [-0.4, -0.2) is 18.6 Å². The summed E-state index contributed by atoms with van der Waals surface area (Å²) in [6, 6.07) is 4.96. The van der Waals surface area contributed by atoms with E-state index >= 15 is 0 Å². The molecule has 0 aromatic heterocycles. The Morgan fingerprint density at radius 3 is 2.95 bits per heavy atom. The molecule has 5 heteroatoms. The van der Waals surface area contributed by atoms with Crippen molar-refractivity contribution in [3.63, 3.8) is 0 Å². The van der Waals surface area contributed by atoms with Crippen LogP contribution in [0.25, 0.3) is 0 Å². The first-order valence-electron chi connectivity index (χ1n) is 6.97. The van der Waals surface area contributed by atoms with Gasteiger partial charge in [0.25, 0.3) is 0 Å². The van der Waals surface area contributed by atoms with Crippen molar-refractivity contribution < 1.29 is 9.53 Å². The lowest BCUT2D eigenvalue weighted by Crippen LogP contribution is -2.45. The number of hydrogen-bond donors (Lipinski definition) is 2. The number of nitrogens with one attached hydrogen (secondary N) is 1. The van der Waals surface area contributed by atoms with Gasteiger partial charge in [-0.2, -0.15) is 0 Å². The number of carbonyl (C=O) groups is 1. The quantitative estimate of drug-likeness (QED) is 0.901. The molecule has 1 unspecified atom stereocenters. The van der Waals surface area contributed by atoms with Gasteiger partial charge in [0.15, 0.2) is 0 Å². The summed E-state index contributed by atoms with van der Waals surface area (Å²) in [7, 11) is 0. The second kappa shape index (κ2) is 6.46. The number of halogens is 1. The van der Waals surface area contributed by atoms with E-state index < -0.39 is 6.04 Å². The fourth-order valence-corrected chi connectivity index (χ4v) is 2.43. The Morgan fingerprint density at radius 2 is 2.25 bits per heavy atom. The number of carbonyl (C=O) groups excluding carboxylic acids is 1. The molecule has 2 rings (SSSR count). The van der Waals surface area contributed by atoms with Gasteiger partial charge in [-0.1, -0.05) is 31.5 Å². The minimum atomic E-state index is -0.491. The smallest absolute Gasteiger partial charge is 0.237 e. The molecule has 0 bridgehead atoms. The van der Waals surface area contributed by atoms with Gasteiger partial charge >= 0.3 is 0 Å². The van der Waals surface area contributed by atoms with Crippen molar-refractivity contribution in [1.29, 1.82) is 0 Å². The molecule has 0 saturated carbocycles. The first-order chi connectivity index (χ1) is 9.49. The molecule has 1 aromatic rings. The zero-order chi connectivity index (χ0) is 14.7. The number of amides is 1. The maximum absolute atomic E-state index is 12.1. The molecule has 0 radical (unpaired) electrons. The minimum Gasteiger partial charge on any atom is -0.493 e. The van der Waals surface area contributed by atoms with E-state index in [1.807, 2.05) is 26.0 Å². The zero-order valence-electron chi connectivity index (χ0n) is 11.9. The van der Waals surface area contributed by atoms with Gasteiger partial charge in [-0.25, -0.2) is 0 Å². The fraction of sp³-hybridized carbons (Fsp3) is 0.533. The molecule has 20 heavy (non-hydrogen) atoms. The summed E-state index contributed by atoms with van der Waals surface area (Å²) < 4.78 is 5.68. The van der Waals surface area contributed by atoms with Crippen LogP contribution in [0.3, 0.4) is 0 Å². The van der Waals surface area contributed by atoms with E-state index in [1.54, 1.807) is 6.07 Å². The largest absolute Gasteiger partial charge is 0.493 e. The number of benzene rings is 1. The van der Waals surface area contributed by atoms with Crippen LogP contribution in [0.4, 0.5) is 0 Å². The fourth-order valence-electron chi connectivity index (χ4n) is 2.27. The molecule has 1 aliphatic rings. The average molecular weight is 297 g/mol. The highest BCUT2D eigenvalue weighted by molar-refractivity contribution is 6.30. The van der Waals surface area contributed by atoms with Crippen molar-refractivity contribution in [2.45, 2.75) is 38.8 Å². The van der Waals surface area contributed by atoms with Gasteiger partial charge in [0, 0.05) is 10.6 Å². The summed E-state index contributed by atoms with van der Waals surface area (Å²) in [5.74, 6) is 0.743. The topological polar surface area (TPSA) is 64.4 Å². The Labute approximate surface area is 124 Å². The lowest BCUT2D eigenvalue weighted by Gasteiger charge is -2.22. The number of ether oxygens (including phenoxy) is 1. The second-order valence-electron chi connectivity index (χ2n) is 5.50. The van der Waals surface area contributed by atoms with Crippen molar-refractivity contribution in [1.82, 2.24) is 5.32 Å². The van der Waals surface area contributed by atoms with Crippen LogP contribution in [0.1, 0.15) is 38.3 Å². The van der Waals surface area contributed by atoms with Crippen molar-refractivity contribution in [2.24, 2.45) is 11.7 Å². The number of rotatable bonds is 3. The predicted molar refractivity (Wildman–Crippen MR) is 79.9 cm³/mol. The molecule has 1 amide bonds. The van der Waals surface area contributed by atoms with E-state index in [-0.39, 0.29) is 17.9 Å². The summed E-state index contributed by atoms with van der Waals surface area (Å²) in [6.45, 7) is 4.51. The van der Waals surface area contributed by atoms with E-state index in [0.717, 1.165) is 24.2 Å². The normalized spacial score (nSPS) is 19.8. The summed E-state index contributed by atoms with van der Waals surface area (Å²) >= 11 is 5.99. The van der Waals surface area contributed by atoms with Crippen LogP contribution in [-0.2, 0) is 4.79 Å². The molecule has 0 fully saturated rings. The third-order valence-corrected chi connectivity index (χ3v) is 3.82. The number of fused-ring (bicyclic) bond motifs is 1. The Morgan fingerprint density at radius 1 is 1.50 bits per heavy atom. The lowest BCUT2D eigenvalue weighted by molar-refractivity contribution is -0.124. The van der Waals surface area contributed by atoms with E-state index in [9.17, 15) is 4.79 Å². The lowest BCUT2D eigenvalue weighted by atomic mass is 9.99. The molecule has 0 spiro atoms. The molecule has 1 aromatic carbocycles. The van der Waals surface area contributed by atoms with Gasteiger partial charge in [0.05, 0.1) is 18.7 Å². The highest BCUT2D eigenvalue weighted by Gasteiger charge is 2.25. The average Bonchev–Trinajstić information content (AvgIpc) is 2.59. The standard InChI is InChI=1S/C15H21ClN2O2/c1-9(2)14(17)15(19)18-12-4-3-7-20-13-8-10(16)5-6-11(12)13/h5-6,8-9,12,14H,3-4,7,17H2,1-2H3,(H,18,19)/t12?,14-/m0/s1. The van der Waals surface area contributed by atoms with E-state index in [2.05, 4.69) is 5.32 Å². The predicted octanol–water partition coefficient (Wildman–Crippen LogP) is 2.65. The van der Waals surface area contributed by atoms with Crippen LogP contribution < -0.4 is 15.8 Å². The molecule has 3 N–H and O–H groups in total. The SMILES string of the molecule is CC(C)[C@H](N)C(=O)NC1CCCOc2cc(Cl)ccc21. The van der Waals surface area contributed by atoms with E-state index in [4.69, 9.17) is 22.1 Å². The maximum Gasteiger partial charge on any atom is 0.237 e. The monoisotopic (exact) mass is 296 g/mol. The van der Waals surface area contributed by atoms with Crippen LogP contribution in [0.15, 0.2) is 18.2 Å². The molecule has 4 nitrogen and oxygen atoms in total. The Kier molecular flexibility index (Phi) is 4.89. The molecule has 2 atom stereocenters.